The molecule has 1 fully saturated rings. The molecule has 1 unspecified atom stereocenters. The van der Waals surface area contributed by atoms with E-state index in [0.29, 0.717) is 11.0 Å². The Hall–Kier alpha value is -2.44. The van der Waals surface area contributed by atoms with Gasteiger partial charge in [-0.2, -0.15) is 0 Å². The van der Waals surface area contributed by atoms with Crippen molar-refractivity contribution in [1.29, 1.82) is 0 Å². The zero-order chi connectivity index (χ0) is 13.4. The summed E-state index contributed by atoms with van der Waals surface area (Å²) in [6.45, 7) is 0.0633. The molecule has 0 saturated carbocycles. The van der Waals surface area contributed by atoms with Gasteiger partial charge < -0.3 is 14.8 Å². The molecule has 1 aliphatic heterocycles. The van der Waals surface area contributed by atoms with Crippen LogP contribution in [0.2, 0.25) is 0 Å². The Kier molecular flexibility index (Phi) is 2.66. The monoisotopic (exact) mass is 263 g/mol. The molecule has 0 radical (unpaired) electrons. The van der Waals surface area contributed by atoms with Crippen molar-refractivity contribution in [3.8, 4) is 5.88 Å². The number of carbonyl (C=O) groups is 1. The summed E-state index contributed by atoms with van der Waals surface area (Å²) in [6.07, 6.45) is 0.880. The number of nitrogens with one attached hydrogen (secondary N) is 1. The number of carbonyl (C=O) groups excluding carboxylic acids is 1. The van der Waals surface area contributed by atoms with Crippen molar-refractivity contribution in [2.24, 2.45) is 0 Å². The molecule has 0 aliphatic carbocycles. The van der Waals surface area contributed by atoms with Gasteiger partial charge in [0.05, 0.1) is 24.9 Å². The third kappa shape index (κ3) is 1.92. The molecule has 1 amide bonds. The molecule has 1 aromatic heterocycles. The molecule has 1 aromatic carbocycles. The van der Waals surface area contributed by atoms with Crippen LogP contribution in [0.15, 0.2) is 18.3 Å². The van der Waals surface area contributed by atoms with Crippen molar-refractivity contribution in [1.82, 2.24) is 15.3 Å². The number of ether oxygens (including phenoxy) is 2. The number of amides is 1. The Balaban J connectivity index is 2.20. The molecule has 0 bridgehead atoms. The Labute approximate surface area is 107 Å². The van der Waals surface area contributed by atoms with E-state index >= 15 is 0 Å². The number of methoxy groups -OCH3 is 1. The molecule has 19 heavy (non-hydrogen) atoms. The molecule has 1 aliphatic rings. The number of hydrogen-bond donors (Lipinski definition) is 1. The van der Waals surface area contributed by atoms with E-state index in [1.807, 2.05) is 0 Å². The first-order valence-electron chi connectivity index (χ1n) is 5.61. The van der Waals surface area contributed by atoms with Crippen LogP contribution in [0.1, 0.15) is 11.6 Å². The van der Waals surface area contributed by atoms with Crippen LogP contribution in [0, 0.1) is 5.82 Å². The van der Waals surface area contributed by atoms with E-state index in [4.69, 9.17) is 9.47 Å². The molecule has 1 N–H and O–H groups in total. The zero-order valence-electron chi connectivity index (χ0n) is 10.0. The highest BCUT2D eigenvalue weighted by atomic mass is 19.1. The maximum Gasteiger partial charge on any atom is 0.407 e. The topological polar surface area (TPSA) is 73.3 Å². The van der Waals surface area contributed by atoms with Gasteiger partial charge in [0, 0.05) is 5.56 Å². The second-order valence-electron chi connectivity index (χ2n) is 4.04. The Morgan fingerprint density at radius 1 is 1.53 bits per heavy atom. The highest BCUT2D eigenvalue weighted by molar-refractivity contribution is 5.80. The van der Waals surface area contributed by atoms with Gasteiger partial charge in [-0.25, -0.2) is 19.2 Å². The SMILES string of the molecule is COc1cnc2ccc(F)c(C3COC(=O)N3)c2n1. The summed E-state index contributed by atoms with van der Waals surface area (Å²) in [6, 6.07) is 2.25. The predicted molar refractivity (Wildman–Crippen MR) is 63.3 cm³/mol. The predicted octanol–water partition coefficient (Wildman–Crippen LogP) is 1.56. The van der Waals surface area contributed by atoms with Gasteiger partial charge in [0.2, 0.25) is 5.88 Å². The fourth-order valence-corrected chi connectivity index (χ4v) is 2.03. The fraction of sp³-hybridized carbons (Fsp3) is 0.250. The molecular formula is C12H10FN3O3. The van der Waals surface area contributed by atoms with E-state index in [1.165, 1.54) is 25.4 Å². The van der Waals surface area contributed by atoms with Gasteiger partial charge in [-0.3, -0.25) is 0 Å². The Bertz CT molecular complexity index is 662. The van der Waals surface area contributed by atoms with Gasteiger partial charge in [-0.05, 0) is 12.1 Å². The largest absolute Gasteiger partial charge is 0.480 e. The fourth-order valence-electron chi connectivity index (χ4n) is 2.03. The summed E-state index contributed by atoms with van der Waals surface area (Å²) in [7, 11) is 1.45. The number of halogens is 1. The van der Waals surface area contributed by atoms with Crippen molar-refractivity contribution in [3.63, 3.8) is 0 Å². The van der Waals surface area contributed by atoms with Crippen LogP contribution >= 0.6 is 0 Å². The second-order valence-corrected chi connectivity index (χ2v) is 4.04. The standard InChI is InChI=1S/C12H10FN3O3/c1-18-9-4-14-7-3-2-6(13)10(11(7)16-9)8-5-19-12(17)15-8/h2-4,8H,5H2,1H3,(H,15,17). The van der Waals surface area contributed by atoms with Gasteiger partial charge in [-0.1, -0.05) is 0 Å². The molecule has 2 aromatic rings. The summed E-state index contributed by atoms with van der Waals surface area (Å²) in [5.41, 5.74) is 1.14. The molecule has 1 saturated heterocycles. The van der Waals surface area contributed by atoms with Crippen LogP contribution in [0.5, 0.6) is 5.88 Å². The number of rotatable bonds is 2. The van der Waals surface area contributed by atoms with E-state index < -0.39 is 18.0 Å². The van der Waals surface area contributed by atoms with E-state index in [0.717, 1.165) is 0 Å². The average molecular weight is 263 g/mol. The lowest BCUT2D eigenvalue weighted by molar-refractivity contribution is 0.177. The lowest BCUT2D eigenvalue weighted by Gasteiger charge is -2.12. The summed E-state index contributed by atoms with van der Waals surface area (Å²) in [5.74, 6) is -0.185. The van der Waals surface area contributed by atoms with Gasteiger partial charge in [0.1, 0.15) is 17.9 Å². The van der Waals surface area contributed by atoms with Crippen molar-refractivity contribution >= 4 is 17.1 Å². The average Bonchev–Trinajstić information content (AvgIpc) is 2.84. The molecule has 6 nitrogen and oxygen atoms in total. The Morgan fingerprint density at radius 2 is 2.37 bits per heavy atom. The number of nitrogens with zero attached hydrogens (tertiary/aromatic N) is 2. The smallest absolute Gasteiger partial charge is 0.407 e. The van der Waals surface area contributed by atoms with E-state index in [-0.39, 0.29) is 18.1 Å². The number of aromatic nitrogens is 2. The lowest BCUT2D eigenvalue weighted by Crippen LogP contribution is -2.20. The van der Waals surface area contributed by atoms with Crippen molar-refractivity contribution in [3.05, 3.63) is 29.7 Å². The number of cyclic esters (lactones) is 1. The molecule has 1 atom stereocenters. The van der Waals surface area contributed by atoms with Crippen molar-refractivity contribution < 1.29 is 18.7 Å². The highest BCUT2D eigenvalue weighted by Gasteiger charge is 2.29. The minimum Gasteiger partial charge on any atom is -0.480 e. The van der Waals surface area contributed by atoms with Gasteiger partial charge in [0.25, 0.3) is 0 Å². The van der Waals surface area contributed by atoms with E-state index in [2.05, 4.69) is 15.3 Å². The quantitative estimate of drug-likeness (QED) is 0.890. The maximum atomic E-state index is 14.0. The first-order chi connectivity index (χ1) is 9.19. The minimum atomic E-state index is -0.572. The molecule has 0 spiro atoms. The van der Waals surface area contributed by atoms with Crippen LogP contribution in [0.4, 0.5) is 9.18 Å². The third-order valence-electron chi connectivity index (χ3n) is 2.91. The molecular weight excluding hydrogens is 253 g/mol. The second kappa shape index (κ2) is 4.34. The van der Waals surface area contributed by atoms with Crippen LogP contribution in [-0.4, -0.2) is 29.8 Å². The lowest BCUT2D eigenvalue weighted by atomic mass is 10.1. The highest BCUT2D eigenvalue weighted by Crippen LogP contribution is 2.28. The minimum absolute atomic E-state index is 0.0633. The molecule has 98 valence electrons. The zero-order valence-corrected chi connectivity index (χ0v) is 10.0. The van der Waals surface area contributed by atoms with Crippen molar-refractivity contribution in [2.75, 3.05) is 13.7 Å². The first kappa shape index (κ1) is 11.6. The summed E-state index contributed by atoms with van der Waals surface area (Å²) >= 11 is 0. The molecule has 7 heteroatoms. The van der Waals surface area contributed by atoms with Crippen LogP contribution in [-0.2, 0) is 4.74 Å². The van der Waals surface area contributed by atoms with E-state index in [1.54, 1.807) is 0 Å². The van der Waals surface area contributed by atoms with Gasteiger partial charge in [-0.15, -0.1) is 0 Å². The summed E-state index contributed by atoms with van der Waals surface area (Å²) in [4.78, 5) is 19.4. The first-order valence-corrected chi connectivity index (χ1v) is 5.61. The van der Waals surface area contributed by atoms with Gasteiger partial charge >= 0.3 is 6.09 Å². The van der Waals surface area contributed by atoms with Crippen LogP contribution in [0.3, 0.4) is 0 Å². The maximum absolute atomic E-state index is 14.0. The Morgan fingerprint density at radius 3 is 3.05 bits per heavy atom. The normalized spacial score (nSPS) is 18.2. The molecule has 3 rings (SSSR count). The van der Waals surface area contributed by atoms with E-state index in [9.17, 15) is 9.18 Å². The summed E-state index contributed by atoms with van der Waals surface area (Å²) in [5, 5.41) is 2.53. The number of benzene rings is 1. The molecule has 2 heterocycles. The van der Waals surface area contributed by atoms with Gasteiger partial charge in [0.15, 0.2) is 0 Å². The number of alkyl carbamates (subject to hydrolysis) is 1. The number of fused-ring (bicyclic) bond motifs is 1. The van der Waals surface area contributed by atoms with Crippen LogP contribution < -0.4 is 10.1 Å². The van der Waals surface area contributed by atoms with Crippen LogP contribution in [0.25, 0.3) is 11.0 Å². The summed E-state index contributed by atoms with van der Waals surface area (Å²) < 4.78 is 23.8. The third-order valence-corrected chi connectivity index (χ3v) is 2.91. The van der Waals surface area contributed by atoms with Crippen molar-refractivity contribution in [2.45, 2.75) is 6.04 Å². The number of hydrogen-bond acceptors (Lipinski definition) is 5.